The summed E-state index contributed by atoms with van der Waals surface area (Å²) in [5, 5.41) is 8.25. The molecule has 2 rings (SSSR count). The molecule has 3 atom stereocenters. The summed E-state index contributed by atoms with van der Waals surface area (Å²) in [6, 6.07) is 0. The topological polar surface area (TPSA) is 46.5 Å². The van der Waals surface area contributed by atoms with Crippen LogP contribution < -0.4 is 0 Å². The molecule has 0 spiro atoms. The fraction of sp³-hybridized carbons (Fsp3) is 0.857. The Morgan fingerprint density at radius 2 is 1.90 bits per heavy atom. The number of fused-ring (bicyclic) bond motifs is 1. The third kappa shape index (κ3) is 0.958. The van der Waals surface area contributed by atoms with Crippen LogP contribution in [0.3, 0.4) is 0 Å². The number of carbonyl (C=O) groups is 1. The zero-order valence-corrected chi connectivity index (χ0v) is 5.62. The summed E-state index contributed by atoms with van der Waals surface area (Å²) in [5.41, 5.74) is 0. The average molecular weight is 142 g/mol. The van der Waals surface area contributed by atoms with Crippen molar-refractivity contribution in [3.05, 3.63) is 0 Å². The number of ether oxygens (including phenoxy) is 1. The monoisotopic (exact) mass is 142 g/mol. The van der Waals surface area contributed by atoms with Gasteiger partial charge in [0.15, 0.2) is 0 Å². The van der Waals surface area contributed by atoms with E-state index in [0.29, 0.717) is 0 Å². The summed E-state index contributed by atoms with van der Waals surface area (Å²) in [4.78, 5) is 10.1. The Balaban J connectivity index is 1.80. The molecule has 56 valence electrons. The summed E-state index contributed by atoms with van der Waals surface area (Å²) in [7, 11) is 0. The highest BCUT2D eigenvalue weighted by Crippen LogP contribution is 2.52. The maximum absolute atomic E-state index is 10.1. The molecule has 1 N–H and O–H groups in total. The first-order valence-electron chi connectivity index (χ1n) is 3.65. The van der Waals surface area contributed by atoms with Crippen LogP contribution in [0.5, 0.6) is 0 Å². The van der Waals surface area contributed by atoms with Crippen molar-refractivity contribution < 1.29 is 14.6 Å². The second-order valence-corrected chi connectivity index (χ2v) is 3.23. The predicted octanol–water partition coefficient (Wildman–Crippen LogP) is 1.48. The molecule has 0 heterocycles. The van der Waals surface area contributed by atoms with E-state index < -0.39 is 6.16 Å². The fourth-order valence-corrected chi connectivity index (χ4v) is 1.90. The number of hydrogen-bond donors (Lipinski definition) is 1. The van der Waals surface area contributed by atoms with E-state index in [4.69, 9.17) is 5.11 Å². The maximum Gasteiger partial charge on any atom is 0.506 e. The molecule has 0 bridgehead atoms. The van der Waals surface area contributed by atoms with E-state index in [1.807, 2.05) is 0 Å². The van der Waals surface area contributed by atoms with E-state index in [1.54, 1.807) is 0 Å². The standard InChI is InChI=1S/C7H10O3/c8-7(9)10-6-2-4-1-5(4)3-6/h4-6H,1-3H2,(H,8,9)/t4-,5?,6?/m1/s1. The first kappa shape index (κ1) is 6.01. The highest BCUT2D eigenvalue weighted by atomic mass is 16.7. The van der Waals surface area contributed by atoms with Crippen LogP contribution >= 0.6 is 0 Å². The van der Waals surface area contributed by atoms with Gasteiger partial charge in [0, 0.05) is 0 Å². The molecule has 0 aliphatic heterocycles. The van der Waals surface area contributed by atoms with E-state index in [0.717, 1.165) is 24.7 Å². The van der Waals surface area contributed by atoms with Crippen molar-refractivity contribution in [3.8, 4) is 0 Å². The molecule has 2 fully saturated rings. The molecule has 10 heavy (non-hydrogen) atoms. The first-order chi connectivity index (χ1) is 4.75. The Kier molecular flexibility index (Phi) is 1.13. The molecule has 0 radical (unpaired) electrons. The molecule has 0 aromatic rings. The van der Waals surface area contributed by atoms with Crippen molar-refractivity contribution in [3.63, 3.8) is 0 Å². The van der Waals surface area contributed by atoms with E-state index in [1.165, 1.54) is 6.42 Å². The van der Waals surface area contributed by atoms with Gasteiger partial charge in [-0.15, -0.1) is 0 Å². The molecule has 2 saturated carbocycles. The summed E-state index contributed by atoms with van der Waals surface area (Å²) in [6.07, 6.45) is 2.14. The van der Waals surface area contributed by atoms with E-state index in [-0.39, 0.29) is 6.10 Å². The van der Waals surface area contributed by atoms with Gasteiger partial charge in [-0.3, -0.25) is 0 Å². The highest BCUT2D eigenvalue weighted by Gasteiger charge is 2.47. The molecule has 3 heteroatoms. The van der Waals surface area contributed by atoms with Gasteiger partial charge in [-0.05, 0) is 31.1 Å². The van der Waals surface area contributed by atoms with E-state index in [9.17, 15) is 4.79 Å². The Bertz CT molecular complexity index is 156. The van der Waals surface area contributed by atoms with Crippen LogP contribution in [0.2, 0.25) is 0 Å². The van der Waals surface area contributed by atoms with Crippen LogP contribution in [0.4, 0.5) is 4.79 Å². The lowest BCUT2D eigenvalue weighted by molar-refractivity contribution is 0.0497. The second-order valence-electron chi connectivity index (χ2n) is 3.23. The molecule has 0 aromatic carbocycles. The minimum atomic E-state index is -1.12. The van der Waals surface area contributed by atoms with Gasteiger partial charge in [0.1, 0.15) is 6.10 Å². The van der Waals surface area contributed by atoms with Crippen LogP contribution in [0.1, 0.15) is 19.3 Å². The van der Waals surface area contributed by atoms with Crippen molar-refractivity contribution in [2.75, 3.05) is 0 Å². The van der Waals surface area contributed by atoms with Crippen LogP contribution in [0, 0.1) is 11.8 Å². The van der Waals surface area contributed by atoms with Gasteiger partial charge in [0.2, 0.25) is 0 Å². The third-order valence-corrected chi connectivity index (χ3v) is 2.47. The van der Waals surface area contributed by atoms with E-state index in [2.05, 4.69) is 4.74 Å². The smallest absolute Gasteiger partial charge is 0.450 e. The van der Waals surface area contributed by atoms with Gasteiger partial charge >= 0.3 is 6.16 Å². The zero-order valence-electron chi connectivity index (χ0n) is 5.62. The van der Waals surface area contributed by atoms with Gasteiger partial charge in [0.25, 0.3) is 0 Å². The lowest BCUT2D eigenvalue weighted by Crippen LogP contribution is -2.14. The minimum absolute atomic E-state index is 0.0150. The number of hydrogen-bond acceptors (Lipinski definition) is 2. The minimum Gasteiger partial charge on any atom is -0.450 e. The van der Waals surface area contributed by atoms with E-state index >= 15 is 0 Å². The lowest BCUT2D eigenvalue weighted by Gasteiger charge is -2.08. The van der Waals surface area contributed by atoms with Gasteiger partial charge in [-0.1, -0.05) is 0 Å². The number of rotatable bonds is 1. The maximum atomic E-state index is 10.1. The normalized spacial score (nSPS) is 42.6. The molecule has 0 saturated heterocycles. The molecule has 0 amide bonds. The Morgan fingerprint density at radius 3 is 2.40 bits per heavy atom. The van der Waals surface area contributed by atoms with Crippen LogP contribution in [-0.4, -0.2) is 17.4 Å². The predicted molar refractivity (Wildman–Crippen MR) is 33.7 cm³/mol. The van der Waals surface area contributed by atoms with Crippen molar-refractivity contribution >= 4 is 6.16 Å². The van der Waals surface area contributed by atoms with Crippen LogP contribution in [0.25, 0.3) is 0 Å². The summed E-state index contributed by atoms with van der Waals surface area (Å²) in [5.74, 6) is 1.59. The van der Waals surface area contributed by atoms with Crippen molar-refractivity contribution in [1.82, 2.24) is 0 Å². The Morgan fingerprint density at radius 1 is 1.30 bits per heavy atom. The van der Waals surface area contributed by atoms with Crippen LogP contribution in [0.15, 0.2) is 0 Å². The zero-order chi connectivity index (χ0) is 7.14. The van der Waals surface area contributed by atoms with Gasteiger partial charge < -0.3 is 9.84 Å². The first-order valence-corrected chi connectivity index (χ1v) is 3.65. The van der Waals surface area contributed by atoms with Crippen LogP contribution in [-0.2, 0) is 4.74 Å². The molecular weight excluding hydrogens is 132 g/mol. The Labute approximate surface area is 59.0 Å². The average Bonchev–Trinajstić information content (AvgIpc) is 2.39. The molecule has 2 unspecified atom stereocenters. The number of carboxylic acid groups (broad SMARTS) is 1. The molecule has 0 aromatic heterocycles. The summed E-state index contributed by atoms with van der Waals surface area (Å²) < 4.78 is 4.63. The SMILES string of the molecule is O=C(O)OC1CC2C[C@@H]2C1. The van der Waals surface area contributed by atoms with Crippen molar-refractivity contribution in [2.24, 2.45) is 11.8 Å². The van der Waals surface area contributed by atoms with Gasteiger partial charge in [-0.25, -0.2) is 4.79 Å². The van der Waals surface area contributed by atoms with Gasteiger partial charge in [0.05, 0.1) is 0 Å². The molecule has 2 aliphatic rings. The fourth-order valence-electron chi connectivity index (χ4n) is 1.90. The molecule has 2 aliphatic carbocycles. The summed E-state index contributed by atoms with van der Waals surface area (Å²) in [6.45, 7) is 0. The summed E-state index contributed by atoms with van der Waals surface area (Å²) >= 11 is 0. The Hall–Kier alpha value is -0.730. The van der Waals surface area contributed by atoms with Crippen molar-refractivity contribution in [1.29, 1.82) is 0 Å². The molecular formula is C7H10O3. The highest BCUT2D eigenvalue weighted by molar-refractivity contribution is 5.57. The third-order valence-electron chi connectivity index (χ3n) is 2.47. The van der Waals surface area contributed by atoms with Crippen molar-refractivity contribution in [2.45, 2.75) is 25.4 Å². The second kappa shape index (κ2) is 1.87. The lowest BCUT2D eigenvalue weighted by atomic mass is 10.2. The quantitative estimate of drug-likeness (QED) is 0.564. The molecule has 3 nitrogen and oxygen atoms in total. The largest absolute Gasteiger partial charge is 0.506 e. The van der Waals surface area contributed by atoms with Gasteiger partial charge in [-0.2, -0.15) is 0 Å².